The van der Waals surface area contributed by atoms with E-state index in [1.807, 2.05) is 12.1 Å². The topological polar surface area (TPSA) is 63.3 Å². The molecule has 0 aliphatic carbocycles. The lowest BCUT2D eigenvalue weighted by atomic mass is 9.99. The van der Waals surface area contributed by atoms with Crippen molar-refractivity contribution in [2.45, 2.75) is 12.8 Å². The maximum atomic E-state index is 11.3. The molecule has 2 rings (SSSR count). The van der Waals surface area contributed by atoms with Crippen LogP contribution in [0.2, 0.25) is 5.02 Å². The van der Waals surface area contributed by atoms with Crippen LogP contribution in [-0.2, 0) is 12.8 Å². The van der Waals surface area contributed by atoms with Crippen molar-refractivity contribution in [2.75, 3.05) is 0 Å². The number of carbonyl (C=O) groups is 1. The number of rotatable bonds is 4. The molecule has 0 aliphatic heterocycles. The molecule has 0 fully saturated rings. The molecule has 1 amide bonds. The summed E-state index contributed by atoms with van der Waals surface area (Å²) >= 11 is 5.94. The minimum atomic E-state index is -0.447. The van der Waals surface area contributed by atoms with E-state index in [0.717, 1.165) is 17.5 Å². The minimum Gasteiger partial charge on any atom is -0.508 e. The summed E-state index contributed by atoms with van der Waals surface area (Å²) in [6.45, 7) is 0. The van der Waals surface area contributed by atoms with Gasteiger partial charge in [0.05, 0.1) is 0 Å². The van der Waals surface area contributed by atoms with Crippen LogP contribution in [0.25, 0.3) is 0 Å². The van der Waals surface area contributed by atoms with E-state index >= 15 is 0 Å². The first-order valence-corrected chi connectivity index (χ1v) is 6.30. The van der Waals surface area contributed by atoms with E-state index in [9.17, 15) is 9.90 Å². The van der Waals surface area contributed by atoms with Gasteiger partial charge in [-0.15, -0.1) is 0 Å². The molecule has 0 atom stereocenters. The number of phenols is 1. The number of carbonyl (C=O) groups excluding carboxylic acids is 1. The van der Waals surface area contributed by atoms with Crippen molar-refractivity contribution >= 4 is 17.5 Å². The summed E-state index contributed by atoms with van der Waals surface area (Å²) in [5, 5.41) is 9.81. The van der Waals surface area contributed by atoms with Crippen molar-refractivity contribution < 1.29 is 9.90 Å². The van der Waals surface area contributed by atoms with Crippen LogP contribution < -0.4 is 5.73 Å². The molecule has 98 valence electrons. The lowest BCUT2D eigenvalue weighted by molar-refractivity contribution is 0.0999. The molecule has 0 spiro atoms. The Morgan fingerprint density at radius 1 is 1.11 bits per heavy atom. The molecule has 19 heavy (non-hydrogen) atoms. The fourth-order valence-electron chi connectivity index (χ4n) is 1.95. The van der Waals surface area contributed by atoms with E-state index in [4.69, 9.17) is 17.3 Å². The molecule has 0 saturated carbocycles. The Labute approximate surface area is 116 Å². The van der Waals surface area contributed by atoms with Gasteiger partial charge < -0.3 is 10.8 Å². The van der Waals surface area contributed by atoms with Gasteiger partial charge in [0.15, 0.2) is 0 Å². The van der Waals surface area contributed by atoms with Gasteiger partial charge in [-0.05, 0) is 54.3 Å². The number of nitrogens with two attached hydrogens (primary N) is 1. The molecule has 0 aliphatic rings. The molecule has 0 unspecified atom stereocenters. The Hall–Kier alpha value is -2.00. The van der Waals surface area contributed by atoms with Crippen LogP contribution >= 0.6 is 11.6 Å². The first kappa shape index (κ1) is 13.4. The SMILES string of the molecule is NC(=O)c1ccc(Cl)cc1CCc1ccc(O)cc1. The lowest BCUT2D eigenvalue weighted by Crippen LogP contribution is -2.14. The summed E-state index contributed by atoms with van der Waals surface area (Å²) < 4.78 is 0. The standard InChI is InChI=1S/C15H14ClNO2/c16-12-5-8-14(15(17)19)11(9-12)4-1-10-2-6-13(18)7-3-10/h2-3,5-9,18H,1,4H2,(H2,17,19). The van der Waals surface area contributed by atoms with E-state index in [1.165, 1.54) is 0 Å². The Morgan fingerprint density at radius 3 is 2.42 bits per heavy atom. The first-order valence-electron chi connectivity index (χ1n) is 5.92. The summed E-state index contributed by atoms with van der Waals surface area (Å²) in [4.78, 5) is 11.3. The van der Waals surface area contributed by atoms with Gasteiger partial charge in [0, 0.05) is 10.6 Å². The van der Waals surface area contributed by atoms with Crippen LogP contribution in [0.4, 0.5) is 0 Å². The van der Waals surface area contributed by atoms with Crippen molar-refractivity contribution in [3.05, 3.63) is 64.2 Å². The second-order valence-electron chi connectivity index (χ2n) is 4.33. The Balaban J connectivity index is 2.16. The minimum absolute atomic E-state index is 0.240. The molecular weight excluding hydrogens is 262 g/mol. The lowest BCUT2D eigenvalue weighted by Gasteiger charge is -2.07. The smallest absolute Gasteiger partial charge is 0.248 e. The van der Waals surface area contributed by atoms with E-state index in [2.05, 4.69) is 0 Å². The van der Waals surface area contributed by atoms with Crippen LogP contribution in [-0.4, -0.2) is 11.0 Å². The Kier molecular flexibility index (Phi) is 4.07. The number of hydrogen-bond donors (Lipinski definition) is 2. The van der Waals surface area contributed by atoms with Crippen LogP contribution in [0.1, 0.15) is 21.5 Å². The number of aryl methyl sites for hydroxylation is 2. The fraction of sp³-hybridized carbons (Fsp3) is 0.133. The van der Waals surface area contributed by atoms with Gasteiger partial charge in [0.1, 0.15) is 5.75 Å². The van der Waals surface area contributed by atoms with Gasteiger partial charge in [-0.2, -0.15) is 0 Å². The quantitative estimate of drug-likeness (QED) is 0.901. The molecular formula is C15H14ClNO2. The number of primary amides is 1. The third-order valence-electron chi connectivity index (χ3n) is 2.95. The van der Waals surface area contributed by atoms with E-state index < -0.39 is 5.91 Å². The van der Waals surface area contributed by atoms with Gasteiger partial charge >= 0.3 is 0 Å². The largest absolute Gasteiger partial charge is 0.508 e. The molecule has 0 radical (unpaired) electrons. The zero-order valence-electron chi connectivity index (χ0n) is 10.3. The van der Waals surface area contributed by atoms with E-state index in [-0.39, 0.29) is 5.75 Å². The van der Waals surface area contributed by atoms with Gasteiger partial charge in [-0.25, -0.2) is 0 Å². The number of hydrogen-bond acceptors (Lipinski definition) is 2. The molecule has 0 aromatic heterocycles. The summed E-state index contributed by atoms with van der Waals surface area (Å²) in [6, 6.07) is 12.1. The van der Waals surface area contributed by atoms with Crippen LogP contribution in [0.15, 0.2) is 42.5 Å². The van der Waals surface area contributed by atoms with Crippen LogP contribution in [0, 0.1) is 0 Å². The zero-order valence-corrected chi connectivity index (χ0v) is 11.0. The summed E-state index contributed by atoms with van der Waals surface area (Å²) in [7, 11) is 0. The first-order chi connectivity index (χ1) is 9.06. The highest BCUT2D eigenvalue weighted by Gasteiger charge is 2.08. The van der Waals surface area contributed by atoms with E-state index in [0.29, 0.717) is 17.0 Å². The van der Waals surface area contributed by atoms with Gasteiger partial charge in [0.2, 0.25) is 5.91 Å². The number of aromatic hydroxyl groups is 1. The predicted octanol–water partition coefficient (Wildman–Crippen LogP) is 2.93. The molecule has 0 bridgehead atoms. The number of benzene rings is 2. The highest BCUT2D eigenvalue weighted by atomic mass is 35.5. The third-order valence-corrected chi connectivity index (χ3v) is 3.19. The average molecular weight is 276 g/mol. The fourth-order valence-corrected chi connectivity index (χ4v) is 2.15. The zero-order chi connectivity index (χ0) is 13.8. The number of phenolic OH excluding ortho intramolecular Hbond substituents is 1. The average Bonchev–Trinajstić information content (AvgIpc) is 2.38. The Bertz CT molecular complexity index is 594. The monoisotopic (exact) mass is 275 g/mol. The van der Waals surface area contributed by atoms with Crippen LogP contribution in [0.5, 0.6) is 5.75 Å². The second-order valence-corrected chi connectivity index (χ2v) is 4.77. The number of halogens is 1. The highest BCUT2D eigenvalue weighted by Crippen LogP contribution is 2.19. The molecule has 3 nitrogen and oxygen atoms in total. The summed E-state index contributed by atoms with van der Waals surface area (Å²) in [5.74, 6) is -0.207. The molecule has 2 aromatic rings. The van der Waals surface area contributed by atoms with Crippen LogP contribution in [0.3, 0.4) is 0 Å². The van der Waals surface area contributed by atoms with Gasteiger partial charge in [0.25, 0.3) is 0 Å². The van der Waals surface area contributed by atoms with E-state index in [1.54, 1.807) is 30.3 Å². The van der Waals surface area contributed by atoms with Crippen molar-refractivity contribution in [1.29, 1.82) is 0 Å². The molecule has 4 heteroatoms. The molecule has 0 saturated heterocycles. The summed E-state index contributed by atoms with van der Waals surface area (Å²) in [6.07, 6.45) is 1.42. The Morgan fingerprint density at radius 2 is 1.79 bits per heavy atom. The maximum absolute atomic E-state index is 11.3. The molecule has 0 heterocycles. The second kappa shape index (κ2) is 5.76. The van der Waals surface area contributed by atoms with Crippen molar-refractivity contribution in [3.8, 4) is 5.75 Å². The highest BCUT2D eigenvalue weighted by molar-refractivity contribution is 6.30. The number of amides is 1. The molecule has 3 N–H and O–H groups in total. The van der Waals surface area contributed by atoms with Gasteiger partial charge in [-0.1, -0.05) is 23.7 Å². The maximum Gasteiger partial charge on any atom is 0.248 e. The summed E-state index contributed by atoms with van der Waals surface area (Å²) in [5.41, 5.74) is 7.76. The van der Waals surface area contributed by atoms with Crippen molar-refractivity contribution in [2.24, 2.45) is 5.73 Å². The third kappa shape index (κ3) is 3.48. The van der Waals surface area contributed by atoms with Gasteiger partial charge in [-0.3, -0.25) is 4.79 Å². The predicted molar refractivity (Wildman–Crippen MR) is 75.5 cm³/mol. The van der Waals surface area contributed by atoms with Crippen molar-refractivity contribution in [1.82, 2.24) is 0 Å². The van der Waals surface area contributed by atoms with Crippen molar-refractivity contribution in [3.63, 3.8) is 0 Å². The molecule has 2 aromatic carbocycles. The normalized spacial score (nSPS) is 10.4.